The van der Waals surface area contributed by atoms with Crippen molar-refractivity contribution in [1.29, 1.82) is 0 Å². The number of ether oxygens (including phenoxy) is 1. The molecule has 1 atom stereocenters. The summed E-state index contributed by atoms with van der Waals surface area (Å²) in [5, 5.41) is 0.301. The Bertz CT molecular complexity index is 582. The van der Waals surface area contributed by atoms with Crippen LogP contribution in [0.25, 0.3) is 0 Å². The third-order valence-corrected chi connectivity index (χ3v) is 5.05. The van der Waals surface area contributed by atoms with E-state index in [9.17, 15) is 13.2 Å². The maximum atomic E-state index is 12.4. The normalized spacial score (nSPS) is 24.1. The molecule has 0 spiro atoms. The summed E-state index contributed by atoms with van der Waals surface area (Å²) in [4.78, 5) is 14.7. The zero-order valence-electron chi connectivity index (χ0n) is 9.51. The number of rotatable bonds is 3. The third-order valence-electron chi connectivity index (χ3n) is 2.59. The smallest absolute Gasteiger partial charge is 0.285 e. The highest BCUT2D eigenvalue weighted by molar-refractivity contribution is 7.93. The summed E-state index contributed by atoms with van der Waals surface area (Å²) in [7, 11) is -4.09. The molecule has 98 valence electrons. The van der Waals surface area contributed by atoms with Crippen LogP contribution in [0.5, 0.6) is 0 Å². The van der Waals surface area contributed by atoms with Gasteiger partial charge in [0, 0.05) is 12.2 Å². The van der Waals surface area contributed by atoms with E-state index in [1.54, 1.807) is 6.92 Å². The second-order valence-electron chi connectivity index (χ2n) is 3.81. The van der Waals surface area contributed by atoms with Crippen molar-refractivity contribution in [2.75, 3.05) is 13.2 Å². The molecule has 0 amide bonds. The van der Waals surface area contributed by atoms with Crippen molar-refractivity contribution in [2.24, 2.45) is 0 Å². The Morgan fingerprint density at radius 3 is 2.78 bits per heavy atom. The van der Waals surface area contributed by atoms with Crippen LogP contribution in [0.3, 0.4) is 0 Å². The van der Waals surface area contributed by atoms with Gasteiger partial charge >= 0.3 is 0 Å². The maximum absolute atomic E-state index is 12.4. The van der Waals surface area contributed by atoms with Crippen molar-refractivity contribution in [2.45, 2.75) is 16.9 Å². The number of aromatic nitrogens is 1. The molecule has 8 heteroatoms. The van der Waals surface area contributed by atoms with Crippen LogP contribution in [0, 0.1) is 6.92 Å². The lowest BCUT2D eigenvalue weighted by atomic mass is 10.4. The number of halogens is 1. The predicted molar refractivity (Wildman–Crippen MR) is 63.9 cm³/mol. The van der Waals surface area contributed by atoms with E-state index in [1.165, 1.54) is 12.1 Å². The van der Waals surface area contributed by atoms with Crippen LogP contribution >= 0.6 is 11.6 Å². The van der Waals surface area contributed by atoms with Crippen LogP contribution in [0.15, 0.2) is 17.0 Å². The summed E-state index contributed by atoms with van der Waals surface area (Å²) < 4.78 is 29.8. The minimum Gasteiger partial charge on any atom is -0.340 e. The Morgan fingerprint density at radius 2 is 2.28 bits per heavy atom. The van der Waals surface area contributed by atoms with E-state index in [1.807, 2.05) is 0 Å². The monoisotopic (exact) mass is 290 g/mol. The molecule has 2 heterocycles. The van der Waals surface area contributed by atoms with E-state index in [0.717, 1.165) is 0 Å². The highest BCUT2D eigenvalue weighted by Gasteiger charge is 2.49. The van der Waals surface area contributed by atoms with Crippen molar-refractivity contribution in [3.05, 3.63) is 23.0 Å². The van der Waals surface area contributed by atoms with Gasteiger partial charge < -0.3 is 4.74 Å². The van der Waals surface area contributed by atoms with Gasteiger partial charge in [0.15, 0.2) is 6.29 Å². The number of aldehydes is 1. The van der Waals surface area contributed by atoms with Crippen molar-refractivity contribution in [1.82, 2.24) is 10.3 Å². The van der Waals surface area contributed by atoms with Crippen molar-refractivity contribution in [3.8, 4) is 0 Å². The molecular weight excluding hydrogens is 280 g/mol. The second-order valence-corrected chi connectivity index (χ2v) is 6.22. The van der Waals surface area contributed by atoms with E-state index in [4.69, 9.17) is 16.3 Å². The van der Waals surface area contributed by atoms with E-state index in [-0.39, 0.29) is 29.5 Å². The van der Waals surface area contributed by atoms with E-state index < -0.39 is 14.9 Å². The van der Waals surface area contributed by atoms with Crippen LogP contribution in [-0.4, -0.2) is 37.9 Å². The molecule has 1 unspecified atom stereocenters. The molecule has 1 aromatic heterocycles. The molecule has 0 saturated carbocycles. The van der Waals surface area contributed by atoms with Crippen molar-refractivity contribution in [3.63, 3.8) is 0 Å². The van der Waals surface area contributed by atoms with Gasteiger partial charge in [0.2, 0.25) is 9.84 Å². The minimum atomic E-state index is -4.09. The summed E-state index contributed by atoms with van der Waals surface area (Å²) >= 11 is 5.82. The van der Waals surface area contributed by atoms with Crippen molar-refractivity contribution >= 4 is 27.7 Å². The number of sulfone groups is 1. The van der Waals surface area contributed by atoms with Crippen LogP contribution in [-0.2, 0) is 19.4 Å². The van der Waals surface area contributed by atoms with E-state index in [0.29, 0.717) is 5.69 Å². The number of carbonyl (C=O) groups is 1. The van der Waals surface area contributed by atoms with Crippen LogP contribution in [0.2, 0.25) is 5.15 Å². The number of hydrogen-bond donors (Lipinski definition) is 1. The fourth-order valence-electron chi connectivity index (χ4n) is 1.67. The standard InChI is InChI=1S/C10H11ClN2O4S/c1-7-2-3-8(9(11)13-7)18(15,16)10(6-14)12-4-5-17-10/h2-3,6,12H,4-5H2,1H3. The molecule has 0 bridgehead atoms. The Kier molecular flexibility index (Phi) is 3.41. The molecule has 1 fully saturated rings. The first-order valence-electron chi connectivity index (χ1n) is 5.16. The van der Waals surface area contributed by atoms with Crippen molar-refractivity contribution < 1.29 is 17.9 Å². The zero-order chi connectivity index (χ0) is 13.4. The average molecular weight is 291 g/mol. The summed E-state index contributed by atoms with van der Waals surface area (Å²) in [5.74, 6) is 0. The van der Waals surface area contributed by atoms with Gasteiger partial charge in [-0.3, -0.25) is 10.1 Å². The highest BCUT2D eigenvalue weighted by atomic mass is 35.5. The SMILES string of the molecule is Cc1ccc(S(=O)(=O)C2(C=O)NCCO2)c(Cl)n1. The average Bonchev–Trinajstić information content (AvgIpc) is 2.78. The molecule has 0 aromatic carbocycles. The van der Waals surface area contributed by atoms with Gasteiger partial charge in [0.05, 0.1) is 6.61 Å². The van der Waals surface area contributed by atoms with E-state index in [2.05, 4.69) is 10.3 Å². The lowest BCUT2D eigenvalue weighted by Crippen LogP contribution is -2.50. The molecule has 1 aromatic rings. The van der Waals surface area contributed by atoms with Gasteiger partial charge in [-0.05, 0) is 19.1 Å². The molecule has 2 rings (SSSR count). The molecule has 0 aliphatic carbocycles. The number of carbonyl (C=O) groups excluding carboxylic acids is 1. The first-order valence-corrected chi connectivity index (χ1v) is 7.02. The Hall–Kier alpha value is -1.02. The minimum absolute atomic E-state index is 0.134. The first kappa shape index (κ1) is 13.4. The fourth-order valence-corrected chi connectivity index (χ4v) is 3.67. The lowest BCUT2D eigenvalue weighted by molar-refractivity contribution is -0.119. The zero-order valence-corrected chi connectivity index (χ0v) is 11.1. The summed E-state index contributed by atoms with van der Waals surface area (Å²) in [6, 6.07) is 2.82. The molecule has 1 aliphatic heterocycles. The van der Waals surface area contributed by atoms with Crippen LogP contribution < -0.4 is 5.32 Å². The lowest BCUT2D eigenvalue weighted by Gasteiger charge is -2.22. The van der Waals surface area contributed by atoms with Crippen LogP contribution in [0.4, 0.5) is 0 Å². The number of nitrogens with one attached hydrogen (secondary N) is 1. The molecule has 1 saturated heterocycles. The maximum Gasteiger partial charge on any atom is 0.285 e. The Morgan fingerprint density at radius 1 is 1.56 bits per heavy atom. The van der Waals surface area contributed by atoms with E-state index >= 15 is 0 Å². The highest BCUT2D eigenvalue weighted by Crippen LogP contribution is 2.30. The quantitative estimate of drug-likeness (QED) is 0.636. The third kappa shape index (κ3) is 1.93. The number of pyridine rings is 1. The predicted octanol–water partition coefficient (Wildman–Crippen LogP) is 0.290. The number of hydrogen-bond acceptors (Lipinski definition) is 6. The summed E-state index contributed by atoms with van der Waals surface area (Å²) in [6.45, 7) is 2.09. The molecule has 6 nitrogen and oxygen atoms in total. The molecular formula is C10H11ClN2O4S. The number of aryl methyl sites for hydroxylation is 1. The molecule has 18 heavy (non-hydrogen) atoms. The van der Waals surface area contributed by atoms with Crippen LogP contribution in [0.1, 0.15) is 5.69 Å². The topological polar surface area (TPSA) is 85.4 Å². The summed E-state index contributed by atoms with van der Waals surface area (Å²) in [6.07, 6.45) is 0.228. The largest absolute Gasteiger partial charge is 0.340 e. The van der Waals surface area contributed by atoms with Gasteiger partial charge in [-0.15, -0.1) is 0 Å². The molecule has 1 N–H and O–H groups in total. The number of nitrogens with zero attached hydrogens (tertiary/aromatic N) is 1. The van der Waals surface area contributed by atoms with Gasteiger partial charge in [-0.1, -0.05) is 11.6 Å². The Labute approximate surface area is 109 Å². The van der Waals surface area contributed by atoms with Gasteiger partial charge in [-0.25, -0.2) is 13.4 Å². The summed E-state index contributed by atoms with van der Waals surface area (Å²) in [5.41, 5.74) is 0.583. The Balaban J connectivity index is 2.57. The van der Waals surface area contributed by atoms with Gasteiger partial charge in [0.25, 0.3) is 5.06 Å². The van der Waals surface area contributed by atoms with Gasteiger partial charge in [-0.2, -0.15) is 0 Å². The fraction of sp³-hybridized carbons (Fsp3) is 0.400. The molecule has 1 aliphatic rings. The second kappa shape index (κ2) is 4.58. The first-order chi connectivity index (χ1) is 8.43. The van der Waals surface area contributed by atoms with Gasteiger partial charge in [0.1, 0.15) is 10.0 Å². The molecule has 0 radical (unpaired) electrons.